The Bertz CT molecular complexity index is 1340. The number of alkyl halides is 3. The van der Waals surface area contributed by atoms with Crippen LogP contribution in [-0.4, -0.2) is 9.13 Å². The van der Waals surface area contributed by atoms with Crippen molar-refractivity contribution in [3.05, 3.63) is 97.0 Å². The van der Waals surface area contributed by atoms with E-state index in [0.717, 1.165) is 33.6 Å². The quantitative estimate of drug-likeness (QED) is 0.457. The first-order chi connectivity index (χ1) is 13.8. The number of fused-ring (bicyclic) bond motifs is 1. The molecule has 0 saturated heterocycles. The summed E-state index contributed by atoms with van der Waals surface area (Å²) >= 11 is 7.14. The number of rotatable bonds is 3. The van der Waals surface area contributed by atoms with Gasteiger partial charge in [-0.15, -0.1) is 11.3 Å². The summed E-state index contributed by atoms with van der Waals surface area (Å²) in [7, 11) is 0. The number of halogens is 4. The molecule has 0 bridgehead atoms. The highest BCUT2D eigenvalue weighted by Crippen LogP contribution is 2.30. The lowest BCUT2D eigenvalue weighted by Gasteiger charge is -2.14. The van der Waals surface area contributed by atoms with Crippen LogP contribution >= 0.6 is 22.9 Å². The maximum Gasteiger partial charge on any atom is 0.416 e. The van der Waals surface area contributed by atoms with Crippen molar-refractivity contribution in [1.82, 2.24) is 9.13 Å². The second kappa shape index (κ2) is 7.20. The summed E-state index contributed by atoms with van der Waals surface area (Å²) in [6.07, 6.45) is -4.59. The predicted octanol–water partition coefficient (Wildman–Crippen LogP) is 4.93. The Hall–Kier alpha value is -2.84. The zero-order chi connectivity index (χ0) is 20.8. The molecule has 0 amide bonds. The van der Waals surface area contributed by atoms with E-state index in [1.165, 1.54) is 16.7 Å². The van der Waals surface area contributed by atoms with Crippen LogP contribution in [0.5, 0.6) is 0 Å². The maximum absolute atomic E-state index is 13.2. The first kappa shape index (κ1) is 19.5. The van der Waals surface area contributed by atoms with Gasteiger partial charge in [0.1, 0.15) is 4.70 Å². The highest BCUT2D eigenvalue weighted by atomic mass is 35.5. The van der Waals surface area contributed by atoms with Crippen LogP contribution in [0.15, 0.2) is 69.6 Å². The molecule has 0 unspecified atom stereocenters. The Morgan fingerprint density at radius 2 is 1.76 bits per heavy atom. The van der Waals surface area contributed by atoms with Gasteiger partial charge in [0.05, 0.1) is 23.3 Å². The normalized spacial score (nSPS) is 11.9. The average molecular weight is 437 g/mol. The summed E-state index contributed by atoms with van der Waals surface area (Å²) in [4.78, 5) is 26.1. The van der Waals surface area contributed by atoms with Crippen LogP contribution in [0.4, 0.5) is 13.2 Å². The molecule has 0 aliphatic heterocycles. The van der Waals surface area contributed by atoms with Crippen molar-refractivity contribution in [2.45, 2.75) is 12.7 Å². The molecule has 0 spiro atoms. The Kier molecular flexibility index (Phi) is 4.84. The molecule has 2 aromatic carbocycles. The molecule has 0 fully saturated rings. The number of hydrogen-bond donors (Lipinski definition) is 0. The van der Waals surface area contributed by atoms with Gasteiger partial charge < -0.3 is 0 Å². The number of benzene rings is 2. The van der Waals surface area contributed by atoms with Crippen LogP contribution in [0.25, 0.3) is 15.9 Å². The average Bonchev–Trinajstić information content (AvgIpc) is 3.15. The van der Waals surface area contributed by atoms with Crippen LogP contribution in [0.1, 0.15) is 11.1 Å². The zero-order valence-corrected chi connectivity index (χ0v) is 16.2. The lowest BCUT2D eigenvalue weighted by molar-refractivity contribution is -0.137. The molecule has 2 heterocycles. The summed E-state index contributed by atoms with van der Waals surface area (Å²) < 4.78 is 41.8. The van der Waals surface area contributed by atoms with Gasteiger partial charge in [-0.3, -0.25) is 9.36 Å². The third-order valence-electron chi connectivity index (χ3n) is 4.42. The van der Waals surface area contributed by atoms with Crippen molar-refractivity contribution in [3.63, 3.8) is 0 Å². The summed E-state index contributed by atoms with van der Waals surface area (Å²) in [5, 5.41) is 2.15. The fraction of sp³-hybridized carbons (Fsp3) is 0.100. The maximum atomic E-state index is 13.2. The molecule has 4 rings (SSSR count). The lowest BCUT2D eigenvalue weighted by atomic mass is 10.2. The molecule has 0 aliphatic carbocycles. The van der Waals surface area contributed by atoms with E-state index in [1.54, 1.807) is 35.7 Å². The van der Waals surface area contributed by atoms with E-state index >= 15 is 0 Å². The van der Waals surface area contributed by atoms with Gasteiger partial charge in [-0.05, 0) is 47.3 Å². The SMILES string of the molecule is O=c1c2sccc2n(Cc2cccc(Cl)c2)c(=O)n1-c1cccc(C(F)(F)F)c1. The highest BCUT2D eigenvalue weighted by Gasteiger charge is 2.31. The number of aromatic nitrogens is 2. The van der Waals surface area contributed by atoms with Crippen LogP contribution in [0.3, 0.4) is 0 Å². The van der Waals surface area contributed by atoms with Crippen LogP contribution in [-0.2, 0) is 12.7 Å². The van der Waals surface area contributed by atoms with Crippen LogP contribution in [0.2, 0.25) is 5.02 Å². The summed E-state index contributed by atoms with van der Waals surface area (Å²) in [5.74, 6) is 0. The fourth-order valence-corrected chi connectivity index (χ4v) is 4.14. The second-order valence-corrected chi connectivity index (χ2v) is 7.67. The first-order valence-electron chi connectivity index (χ1n) is 8.41. The highest BCUT2D eigenvalue weighted by molar-refractivity contribution is 7.17. The Labute approximate surface area is 171 Å². The largest absolute Gasteiger partial charge is 0.416 e. The smallest absolute Gasteiger partial charge is 0.288 e. The third-order valence-corrected chi connectivity index (χ3v) is 5.54. The second-order valence-electron chi connectivity index (χ2n) is 6.32. The number of nitrogens with zero attached hydrogens (tertiary/aromatic N) is 2. The van der Waals surface area contributed by atoms with Gasteiger partial charge >= 0.3 is 11.9 Å². The monoisotopic (exact) mass is 436 g/mol. The molecule has 4 aromatic rings. The third kappa shape index (κ3) is 3.61. The zero-order valence-electron chi connectivity index (χ0n) is 14.6. The van der Waals surface area contributed by atoms with Crippen LogP contribution < -0.4 is 11.2 Å². The molecular formula is C20H12ClF3N2O2S. The number of hydrogen-bond acceptors (Lipinski definition) is 3. The molecule has 0 N–H and O–H groups in total. The van der Waals surface area contributed by atoms with Gasteiger partial charge in [0, 0.05) is 5.02 Å². The van der Waals surface area contributed by atoms with E-state index in [0.29, 0.717) is 10.5 Å². The van der Waals surface area contributed by atoms with Gasteiger partial charge in [-0.25, -0.2) is 9.36 Å². The van der Waals surface area contributed by atoms with Crippen molar-refractivity contribution in [2.75, 3.05) is 0 Å². The minimum absolute atomic E-state index is 0.117. The topological polar surface area (TPSA) is 44.0 Å². The lowest BCUT2D eigenvalue weighted by Crippen LogP contribution is -2.38. The van der Waals surface area contributed by atoms with E-state index < -0.39 is 23.0 Å². The van der Waals surface area contributed by atoms with E-state index in [4.69, 9.17) is 11.6 Å². The molecule has 4 nitrogen and oxygen atoms in total. The van der Waals surface area contributed by atoms with Gasteiger partial charge in [0.15, 0.2) is 0 Å². The molecule has 0 aliphatic rings. The molecule has 0 saturated carbocycles. The number of thiophene rings is 1. The van der Waals surface area contributed by atoms with Crippen LogP contribution in [0, 0.1) is 0 Å². The van der Waals surface area contributed by atoms with Gasteiger partial charge in [-0.2, -0.15) is 13.2 Å². The van der Waals surface area contributed by atoms with Gasteiger partial charge in [-0.1, -0.05) is 29.8 Å². The predicted molar refractivity (Wildman–Crippen MR) is 107 cm³/mol. The Morgan fingerprint density at radius 3 is 2.48 bits per heavy atom. The standard InChI is InChI=1S/C20H12ClF3N2O2S/c21-14-5-1-3-12(9-14)11-25-16-7-8-29-17(16)18(27)26(19(25)28)15-6-2-4-13(10-15)20(22,23)24/h1-10H,11H2. The van der Waals surface area contributed by atoms with Crippen molar-refractivity contribution in [1.29, 1.82) is 0 Å². The van der Waals surface area contributed by atoms with Crippen molar-refractivity contribution in [2.24, 2.45) is 0 Å². The van der Waals surface area contributed by atoms with E-state index in [9.17, 15) is 22.8 Å². The fourth-order valence-electron chi connectivity index (χ4n) is 3.11. The van der Waals surface area contributed by atoms with Crippen molar-refractivity contribution in [3.8, 4) is 5.69 Å². The summed E-state index contributed by atoms with van der Waals surface area (Å²) in [5.41, 5.74) is -1.30. The molecule has 148 valence electrons. The summed E-state index contributed by atoms with van der Waals surface area (Å²) in [6.45, 7) is 0.117. The van der Waals surface area contributed by atoms with Crippen molar-refractivity contribution >= 4 is 33.2 Å². The van der Waals surface area contributed by atoms with Gasteiger partial charge in [0.25, 0.3) is 5.56 Å². The molecular weight excluding hydrogens is 425 g/mol. The van der Waals surface area contributed by atoms with E-state index in [2.05, 4.69) is 0 Å². The molecule has 9 heteroatoms. The van der Waals surface area contributed by atoms with E-state index in [-0.39, 0.29) is 16.9 Å². The van der Waals surface area contributed by atoms with Crippen molar-refractivity contribution < 1.29 is 13.2 Å². The minimum atomic E-state index is -4.59. The molecule has 0 atom stereocenters. The first-order valence-corrected chi connectivity index (χ1v) is 9.66. The Morgan fingerprint density at radius 1 is 1.00 bits per heavy atom. The van der Waals surface area contributed by atoms with E-state index in [1.807, 2.05) is 0 Å². The van der Waals surface area contributed by atoms with Gasteiger partial charge in [0.2, 0.25) is 0 Å². The molecule has 2 aromatic heterocycles. The molecule has 29 heavy (non-hydrogen) atoms. The summed E-state index contributed by atoms with van der Waals surface area (Å²) in [6, 6.07) is 12.7. The Balaban J connectivity index is 1.97. The molecule has 0 radical (unpaired) electrons. The minimum Gasteiger partial charge on any atom is -0.288 e.